The van der Waals surface area contributed by atoms with Crippen LogP contribution in [-0.2, 0) is 14.3 Å². The molecule has 0 spiro atoms. The molecule has 1 aliphatic rings. The topological polar surface area (TPSA) is 65.1 Å². The Morgan fingerprint density at radius 2 is 1.70 bits per heavy atom. The van der Waals surface area contributed by atoms with Crippen molar-refractivity contribution in [1.82, 2.24) is 4.90 Å². The summed E-state index contributed by atoms with van der Waals surface area (Å²) >= 11 is 0. The summed E-state index contributed by atoms with van der Waals surface area (Å²) in [7, 11) is 0. The molecule has 6 nitrogen and oxygen atoms in total. The summed E-state index contributed by atoms with van der Waals surface area (Å²) in [6.07, 6.45) is -0.752. The van der Waals surface area contributed by atoms with E-state index in [2.05, 4.69) is 0 Å². The Kier molecular flexibility index (Phi) is 6.44. The van der Waals surface area contributed by atoms with E-state index in [4.69, 9.17) is 14.2 Å². The van der Waals surface area contributed by atoms with Gasteiger partial charge in [0.25, 0.3) is 5.91 Å². The number of amides is 1. The van der Waals surface area contributed by atoms with Crippen LogP contribution in [0.2, 0.25) is 0 Å². The van der Waals surface area contributed by atoms with Crippen LogP contribution in [0.4, 0.5) is 0 Å². The van der Waals surface area contributed by atoms with E-state index in [0.717, 1.165) is 5.56 Å². The van der Waals surface area contributed by atoms with Gasteiger partial charge in [-0.3, -0.25) is 4.79 Å². The molecule has 6 heteroatoms. The van der Waals surface area contributed by atoms with Crippen molar-refractivity contribution < 1.29 is 23.8 Å². The number of nitrogens with zero attached hydrogens (tertiary/aromatic N) is 1. The highest BCUT2D eigenvalue weighted by Gasteiger charge is 2.29. The second-order valence-electron chi connectivity index (χ2n) is 6.09. The minimum Gasteiger partial charge on any atom is -0.476 e. The molecule has 2 aromatic carbocycles. The normalized spacial score (nSPS) is 15.1. The SMILES string of the molecule is CCOC(=O)c1ccc(O[C@H](C(=O)N2CCOCC2)c2ccccc2)cc1. The number of rotatable bonds is 6. The molecule has 27 heavy (non-hydrogen) atoms. The molecule has 0 bridgehead atoms. The maximum Gasteiger partial charge on any atom is 0.338 e. The van der Waals surface area contributed by atoms with Gasteiger partial charge in [-0.05, 0) is 31.2 Å². The van der Waals surface area contributed by atoms with Crippen LogP contribution < -0.4 is 4.74 Å². The first-order chi connectivity index (χ1) is 13.2. The van der Waals surface area contributed by atoms with Crippen molar-refractivity contribution in [3.05, 3.63) is 65.7 Å². The average molecular weight is 369 g/mol. The van der Waals surface area contributed by atoms with E-state index in [9.17, 15) is 9.59 Å². The van der Waals surface area contributed by atoms with E-state index in [1.54, 1.807) is 36.1 Å². The van der Waals surface area contributed by atoms with Gasteiger partial charge in [-0.1, -0.05) is 30.3 Å². The van der Waals surface area contributed by atoms with Crippen molar-refractivity contribution in [3.8, 4) is 5.75 Å². The van der Waals surface area contributed by atoms with Gasteiger partial charge in [0.1, 0.15) is 5.75 Å². The third-order valence-electron chi connectivity index (χ3n) is 4.27. The lowest BCUT2D eigenvalue weighted by atomic mass is 10.1. The van der Waals surface area contributed by atoms with Crippen LogP contribution in [0.3, 0.4) is 0 Å². The van der Waals surface area contributed by atoms with Crippen LogP contribution in [0.1, 0.15) is 28.9 Å². The highest BCUT2D eigenvalue weighted by molar-refractivity contribution is 5.89. The summed E-state index contributed by atoms with van der Waals surface area (Å²) in [5, 5.41) is 0. The van der Waals surface area contributed by atoms with Gasteiger partial charge in [0.15, 0.2) is 0 Å². The first-order valence-electron chi connectivity index (χ1n) is 9.04. The Labute approximate surface area is 158 Å². The smallest absolute Gasteiger partial charge is 0.338 e. The number of benzene rings is 2. The van der Waals surface area contributed by atoms with Gasteiger partial charge in [-0.15, -0.1) is 0 Å². The molecule has 1 saturated heterocycles. The Morgan fingerprint density at radius 1 is 1.04 bits per heavy atom. The highest BCUT2D eigenvalue weighted by atomic mass is 16.5. The highest BCUT2D eigenvalue weighted by Crippen LogP contribution is 2.25. The number of carbonyl (C=O) groups is 2. The summed E-state index contributed by atoms with van der Waals surface area (Å²) in [4.78, 5) is 26.6. The van der Waals surface area contributed by atoms with Crippen molar-refractivity contribution in [2.45, 2.75) is 13.0 Å². The van der Waals surface area contributed by atoms with Crippen LogP contribution in [0.5, 0.6) is 5.75 Å². The average Bonchev–Trinajstić information content (AvgIpc) is 2.73. The number of morpholine rings is 1. The fourth-order valence-corrected chi connectivity index (χ4v) is 2.86. The number of esters is 1. The maximum absolute atomic E-state index is 13.0. The van der Waals surface area contributed by atoms with Crippen molar-refractivity contribution in [3.63, 3.8) is 0 Å². The lowest BCUT2D eigenvalue weighted by Crippen LogP contribution is -2.44. The molecular formula is C21H23NO5. The third kappa shape index (κ3) is 4.86. The van der Waals surface area contributed by atoms with Gasteiger partial charge in [-0.2, -0.15) is 0 Å². The predicted molar refractivity (Wildman–Crippen MR) is 99.6 cm³/mol. The Bertz CT molecular complexity index is 754. The molecule has 1 aliphatic heterocycles. The summed E-state index contributed by atoms with van der Waals surface area (Å²) < 4.78 is 16.3. The first-order valence-corrected chi connectivity index (χ1v) is 9.04. The molecule has 3 rings (SSSR count). The van der Waals surface area contributed by atoms with Crippen LogP contribution in [0.15, 0.2) is 54.6 Å². The van der Waals surface area contributed by atoms with E-state index in [-0.39, 0.29) is 11.9 Å². The van der Waals surface area contributed by atoms with Crippen LogP contribution >= 0.6 is 0 Å². The second kappa shape index (κ2) is 9.19. The Morgan fingerprint density at radius 3 is 2.33 bits per heavy atom. The number of ether oxygens (including phenoxy) is 3. The van der Waals surface area contributed by atoms with Crippen LogP contribution in [-0.4, -0.2) is 49.7 Å². The molecule has 0 radical (unpaired) electrons. The molecule has 0 N–H and O–H groups in total. The second-order valence-corrected chi connectivity index (χ2v) is 6.09. The molecule has 1 heterocycles. The molecule has 0 aliphatic carbocycles. The van der Waals surface area contributed by atoms with E-state index < -0.39 is 6.10 Å². The first kappa shape index (κ1) is 18.9. The third-order valence-corrected chi connectivity index (χ3v) is 4.27. The molecule has 0 unspecified atom stereocenters. The number of hydrogen-bond acceptors (Lipinski definition) is 5. The monoisotopic (exact) mass is 369 g/mol. The van der Waals surface area contributed by atoms with Gasteiger partial charge in [0.2, 0.25) is 6.10 Å². The van der Waals surface area contributed by atoms with E-state index in [1.807, 2.05) is 30.3 Å². The Balaban J connectivity index is 1.79. The summed E-state index contributed by atoms with van der Waals surface area (Å²) in [6, 6.07) is 16.0. The minimum absolute atomic E-state index is 0.0982. The zero-order valence-corrected chi connectivity index (χ0v) is 15.3. The molecular weight excluding hydrogens is 346 g/mol. The van der Waals surface area contributed by atoms with Crippen LogP contribution in [0, 0.1) is 0 Å². The summed E-state index contributed by atoms with van der Waals surface area (Å²) in [5.41, 5.74) is 1.23. The molecule has 1 fully saturated rings. The zero-order chi connectivity index (χ0) is 19.1. The van der Waals surface area contributed by atoms with Gasteiger partial charge in [-0.25, -0.2) is 4.79 Å². The lowest BCUT2D eigenvalue weighted by molar-refractivity contribution is -0.143. The molecule has 2 aromatic rings. The number of hydrogen-bond donors (Lipinski definition) is 0. The molecule has 0 aromatic heterocycles. The summed E-state index contributed by atoms with van der Waals surface area (Å²) in [5.74, 6) is 0.0329. The molecule has 0 saturated carbocycles. The molecule has 1 amide bonds. The fraction of sp³-hybridized carbons (Fsp3) is 0.333. The largest absolute Gasteiger partial charge is 0.476 e. The Hall–Kier alpha value is -2.86. The van der Waals surface area contributed by atoms with Crippen molar-refractivity contribution in [2.24, 2.45) is 0 Å². The number of carbonyl (C=O) groups excluding carboxylic acids is 2. The van der Waals surface area contributed by atoms with Gasteiger partial charge < -0.3 is 19.1 Å². The van der Waals surface area contributed by atoms with Crippen LogP contribution in [0.25, 0.3) is 0 Å². The summed E-state index contributed by atoms with van der Waals surface area (Å²) in [6.45, 7) is 4.24. The minimum atomic E-state index is -0.752. The predicted octanol–water partition coefficient (Wildman–Crippen LogP) is 2.84. The maximum atomic E-state index is 13.0. The van der Waals surface area contributed by atoms with Crippen molar-refractivity contribution in [1.29, 1.82) is 0 Å². The fourth-order valence-electron chi connectivity index (χ4n) is 2.86. The quantitative estimate of drug-likeness (QED) is 0.733. The van der Waals surface area contributed by atoms with E-state index in [1.165, 1.54) is 0 Å². The van der Waals surface area contributed by atoms with Gasteiger partial charge >= 0.3 is 5.97 Å². The lowest BCUT2D eigenvalue weighted by Gasteiger charge is -2.30. The standard InChI is InChI=1S/C21H23NO5/c1-2-26-21(24)17-8-10-18(11-9-17)27-19(16-6-4-3-5-7-16)20(23)22-12-14-25-15-13-22/h3-11,19H,2,12-15H2,1H3/t19-/m0/s1. The van der Waals surface area contributed by atoms with Crippen molar-refractivity contribution in [2.75, 3.05) is 32.9 Å². The van der Waals surface area contributed by atoms with E-state index in [0.29, 0.717) is 44.2 Å². The van der Waals surface area contributed by atoms with Gasteiger partial charge in [0.05, 0.1) is 25.4 Å². The molecule has 1 atom stereocenters. The van der Waals surface area contributed by atoms with Gasteiger partial charge in [0, 0.05) is 18.7 Å². The molecule has 142 valence electrons. The zero-order valence-electron chi connectivity index (χ0n) is 15.3. The van der Waals surface area contributed by atoms with E-state index >= 15 is 0 Å². The van der Waals surface area contributed by atoms with Crippen molar-refractivity contribution >= 4 is 11.9 Å².